The number of hydrogen-bond acceptors (Lipinski definition) is 3. The topological polar surface area (TPSA) is 52.3 Å². The first kappa shape index (κ1) is 18.4. The van der Waals surface area contributed by atoms with E-state index in [1.54, 1.807) is 0 Å². The van der Waals surface area contributed by atoms with Gasteiger partial charge in [-0.05, 0) is 29.1 Å². The number of carbonyl (C=O) groups is 1. The number of rotatable bonds is 5. The van der Waals surface area contributed by atoms with Crippen molar-refractivity contribution in [1.29, 1.82) is 0 Å². The summed E-state index contributed by atoms with van der Waals surface area (Å²) in [5.74, 6) is 0.327. The highest BCUT2D eigenvalue weighted by Gasteiger charge is 2.34. The molecule has 0 bridgehead atoms. The first-order valence-corrected chi connectivity index (χ1v) is 7.29. The molecule has 3 heteroatoms. The van der Waals surface area contributed by atoms with E-state index < -0.39 is 6.04 Å². The SMILES string of the molecule is CC(C)C(N)C(=O)OCCC(C(C)(C)C)C(C)(C)C. The van der Waals surface area contributed by atoms with Crippen LogP contribution in [-0.4, -0.2) is 18.6 Å². The Labute approximate surface area is 119 Å². The minimum absolute atomic E-state index is 0.119. The van der Waals surface area contributed by atoms with Crippen molar-refractivity contribution in [3.63, 3.8) is 0 Å². The van der Waals surface area contributed by atoms with Crippen LogP contribution >= 0.6 is 0 Å². The molecule has 0 aromatic carbocycles. The van der Waals surface area contributed by atoms with Gasteiger partial charge in [0, 0.05) is 0 Å². The first-order chi connectivity index (χ1) is 8.37. The van der Waals surface area contributed by atoms with E-state index in [-0.39, 0.29) is 22.7 Å². The molecular formula is C16H33NO2. The predicted octanol–water partition coefficient (Wildman–Crippen LogP) is 3.61. The summed E-state index contributed by atoms with van der Waals surface area (Å²) in [4.78, 5) is 11.7. The standard InChI is InChI=1S/C16H33NO2/c1-11(2)13(17)14(18)19-10-9-12(15(3,4)5)16(6,7)8/h11-13H,9-10,17H2,1-8H3. The second kappa shape index (κ2) is 6.74. The molecule has 0 aliphatic rings. The van der Waals surface area contributed by atoms with E-state index in [4.69, 9.17) is 10.5 Å². The van der Waals surface area contributed by atoms with Gasteiger partial charge in [-0.1, -0.05) is 55.4 Å². The summed E-state index contributed by atoms with van der Waals surface area (Å²) in [7, 11) is 0. The van der Waals surface area contributed by atoms with Crippen LogP contribution in [-0.2, 0) is 9.53 Å². The second-order valence-corrected chi connectivity index (χ2v) is 8.01. The largest absolute Gasteiger partial charge is 0.465 e. The Morgan fingerprint density at radius 2 is 1.47 bits per heavy atom. The molecule has 0 saturated heterocycles. The molecule has 2 N–H and O–H groups in total. The smallest absolute Gasteiger partial charge is 0.323 e. The molecule has 0 spiro atoms. The maximum Gasteiger partial charge on any atom is 0.323 e. The molecule has 19 heavy (non-hydrogen) atoms. The normalized spacial score (nSPS) is 14.9. The van der Waals surface area contributed by atoms with Gasteiger partial charge in [-0.2, -0.15) is 0 Å². The van der Waals surface area contributed by atoms with Crippen molar-refractivity contribution in [3.05, 3.63) is 0 Å². The van der Waals surface area contributed by atoms with E-state index in [0.29, 0.717) is 12.5 Å². The maximum absolute atomic E-state index is 11.7. The van der Waals surface area contributed by atoms with Gasteiger partial charge in [0.1, 0.15) is 6.04 Å². The van der Waals surface area contributed by atoms with Gasteiger partial charge in [0.2, 0.25) is 0 Å². The van der Waals surface area contributed by atoms with Crippen LogP contribution in [0.25, 0.3) is 0 Å². The summed E-state index contributed by atoms with van der Waals surface area (Å²) < 4.78 is 5.32. The molecule has 0 amide bonds. The van der Waals surface area contributed by atoms with Crippen LogP contribution in [0.2, 0.25) is 0 Å². The predicted molar refractivity (Wildman–Crippen MR) is 80.8 cm³/mol. The summed E-state index contributed by atoms with van der Waals surface area (Å²) in [5.41, 5.74) is 6.17. The monoisotopic (exact) mass is 271 g/mol. The van der Waals surface area contributed by atoms with Gasteiger partial charge < -0.3 is 10.5 Å². The molecule has 0 aliphatic carbocycles. The number of nitrogens with two attached hydrogens (primary N) is 1. The van der Waals surface area contributed by atoms with Gasteiger partial charge in [-0.25, -0.2) is 0 Å². The van der Waals surface area contributed by atoms with E-state index >= 15 is 0 Å². The average molecular weight is 271 g/mol. The van der Waals surface area contributed by atoms with Crippen LogP contribution in [0.4, 0.5) is 0 Å². The summed E-state index contributed by atoms with van der Waals surface area (Å²) in [6.07, 6.45) is 0.879. The van der Waals surface area contributed by atoms with Crippen molar-refractivity contribution in [1.82, 2.24) is 0 Å². The Balaban J connectivity index is 4.41. The zero-order chi connectivity index (χ0) is 15.4. The minimum atomic E-state index is -0.511. The average Bonchev–Trinajstić information content (AvgIpc) is 2.18. The molecule has 0 rings (SSSR count). The lowest BCUT2D eigenvalue weighted by Crippen LogP contribution is -2.38. The van der Waals surface area contributed by atoms with Gasteiger partial charge >= 0.3 is 5.97 Å². The Hall–Kier alpha value is -0.570. The van der Waals surface area contributed by atoms with Crippen molar-refractivity contribution in [2.24, 2.45) is 28.4 Å². The number of hydrogen-bond donors (Lipinski definition) is 1. The summed E-state index contributed by atoms with van der Waals surface area (Å²) in [6.45, 7) is 17.8. The van der Waals surface area contributed by atoms with Crippen LogP contribution in [0.1, 0.15) is 61.8 Å². The summed E-state index contributed by atoms with van der Waals surface area (Å²) >= 11 is 0. The van der Waals surface area contributed by atoms with E-state index in [1.165, 1.54) is 0 Å². The summed E-state index contributed by atoms with van der Waals surface area (Å²) in [5, 5.41) is 0. The molecule has 0 saturated carbocycles. The van der Waals surface area contributed by atoms with Crippen LogP contribution in [0.15, 0.2) is 0 Å². The van der Waals surface area contributed by atoms with E-state index in [0.717, 1.165) is 6.42 Å². The summed E-state index contributed by atoms with van der Waals surface area (Å²) in [6, 6.07) is -0.511. The fourth-order valence-corrected chi connectivity index (χ4v) is 2.81. The van der Waals surface area contributed by atoms with Gasteiger partial charge in [0.25, 0.3) is 0 Å². The third-order valence-corrected chi connectivity index (χ3v) is 3.73. The van der Waals surface area contributed by atoms with Crippen molar-refractivity contribution in [3.8, 4) is 0 Å². The number of carbonyl (C=O) groups excluding carboxylic acids is 1. The molecule has 0 fully saturated rings. The van der Waals surface area contributed by atoms with Crippen molar-refractivity contribution >= 4 is 5.97 Å². The van der Waals surface area contributed by atoms with E-state index in [9.17, 15) is 4.79 Å². The van der Waals surface area contributed by atoms with Gasteiger partial charge in [0.15, 0.2) is 0 Å². The maximum atomic E-state index is 11.7. The Morgan fingerprint density at radius 1 is 1.05 bits per heavy atom. The molecule has 0 radical (unpaired) electrons. The molecule has 0 aromatic rings. The zero-order valence-corrected chi connectivity index (χ0v) is 14.0. The van der Waals surface area contributed by atoms with Crippen LogP contribution in [0.3, 0.4) is 0 Å². The van der Waals surface area contributed by atoms with E-state index in [1.807, 2.05) is 13.8 Å². The Kier molecular flexibility index (Phi) is 6.53. The Morgan fingerprint density at radius 3 is 1.79 bits per heavy atom. The molecule has 0 heterocycles. The zero-order valence-electron chi connectivity index (χ0n) is 14.0. The lowest BCUT2D eigenvalue weighted by molar-refractivity contribution is -0.147. The molecule has 1 unspecified atom stereocenters. The third kappa shape index (κ3) is 6.42. The van der Waals surface area contributed by atoms with Gasteiger partial charge in [-0.3, -0.25) is 4.79 Å². The van der Waals surface area contributed by atoms with Crippen LogP contribution < -0.4 is 5.73 Å². The van der Waals surface area contributed by atoms with Crippen LogP contribution in [0.5, 0.6) is 0 Å². The highest BCUT2D eigenvalue weighted by atomic mass is 16.5. The lowest BCUT2D eigenvalue weighted by Gasteiger charge is -2.40. The molecule has 0 aromatic heterocycles. The van der Waals surface area contributed by atoms with Gasteiger partial charge in [-0.15, -0.1) is 0 Å². The highest BCUT2D eigenvalue weighted by molar-refractivity contribution is 5.75. The van der Waals surface area contributed by atoms with Crippen molar-refractivity contribution in [2.45, 2.75) is 67.9 Å². The quantitative estimate of drug-likeness (QED) is 0.777. The molecule has 3 nitrogen and oxygen atoms in total. The fourth-order valence-electron chi connectivity index (χ4n) is 2.81. The highest BCUT2D eigenvalue weighted by Crippen LogP contribution is 2.41. The second-order valence-electron chi connectivity index (χ2n) is 8.01. The Bertz CT molecular complexity index is 270. The van der Waals surface area contributed by atoms with E-state index in [2.05, 4.69) is 41.5 Å². The first-order valence-electron chi connectivity index (χ1n) is 7.29. The third-order valence-electron chi connectivity index (χ3n) is 3.73. The fraction of sp³-hybridized carbons (Fsp3) is 0.938. The molecule has 1 atom stereocenters. The molecular weight excluding hydrogens is 238 g/mol. The number of ether oxygens (including phenoxy) is 1. The van der Waals surface area contributed by atoms with Crippen LogP contribution in [0, 0.1) is 22.7 Å². The number of esters is 1. The van der Waals surface area contributed by atoms with Gasteiger partial charge in [0.05, 0.1) is 6.61 Å². The minimum Gasteiger partial charge on any atom is -0.465 e. The molecule has 0 aliphatic heterocycles. The van der Waals surface area contributed by atoms with Crippen molar-refractivity contribution < 1.29 is 9.53 Å². The van der Waals surface area contributed by atoms with Crippen molar-refractivity contribution in [2.75, 3.05) is 6.61 Å². The molecule has 114 valence electrons. The lowest BCUT2D eigenvalue weighted by atomic mass is 9.65.